The normalized spacial score (nSPS) is 23.0. The number of nitrogens with zero attached hydrogens (tertiary/aromatic N) is 4. The van der Waals surface area contributed by atoms with E-state index in [1.54, 1.807) is 0 Å². The van der Waals surface area contributed by atoms with Crippen LogP contribution < -0.4 is 5.32 Å². The number of fused-ring (bicyclic) bond motifs is 1. The van der Waals surface area contributed by atoms with Crippen LogP contribution >= 0.6 is 23.3 Å². The number of oxime groups is 1. The zero-order chi connectivity index (χ0) is 17.3. The van der Waals surface area contributed by atoms with Crippen molar-refractivity contribution in [3.63, 3.8) is 0 Å². The minimum absolute atomic E-state index is 0.0660. The highest BCUT2D eigenvalue weighted by Gasteiger charge is 2.53. The van der Waals surface area contributed by atoms with Crippen LogP contribution in [-0.2, 0) is 19.2 Å². The summed E-state index contributed by atoms with van der Waals surface area (Å²) in [5, 5.41) is 20.1. The van der Waals surface area contributed by atoms with Gasteiger partial charge in [-0.15, -0.1) is 16.9 Å². The molecule has 3 heterocycles. The molecule has 2 atom stereocenters. The number of aliphatic carboxylic acids is 1. The van der Waals surface area contributed by atoms with Crippen molar-refractivity contribution in [3.8, 4) is 0 Å². The van der Waals surface area contributed by atoms with Crippen molar-refractivity contribution in [2.24, 2.45) is 5.16 Å². The molecule has 24 heavy (non-hydrogen) atoms. The van der Waals surface area contributed by atoms with Gasteiger partial charge < -0.3 is 15.3 Å². The molecule has 2 N–H and O–H groups in total. The molecule has 0 saturated carbocycles. The fourth-order valence-corrected chi connectivity index (χ4v) is 3.95. The minimum Gasteiger partial charge on any atom is -0.477 e. The Morgan fingerprint density at radius 3 is 2.96 bits per heavy atom. The molecule has 1 saturated heterocycles. The summed E-state index contributed by atoms with van der Waals surface area (Å²) in [7, 11) is 1.28. The van der Waals surface area contributed by atoms with E-state index in [1.165, 1.54) is 35.2 Å². The Morgan fingerprint density at radius 1 is 1.54 bits per heavy atom. The molecule has 0 bridgehead atoms. The number of nitrogens with one attached hydrogen (secondary N) is 1. The third-order valence-electron chi connectivity index (χ3n) is 3.35. The summed E-state index contributed by atoms with van der Waals surface area (Å²) in [5.74, 6) is -1.86. The second-order valence-electron chi connectivity index (χ2n) is 4.69. The van der Waals surface area contributed by atoms with Gasteiger partial charge in [0.1, 0.15) is 29.9 Å². The van der Waals surface area contributed by atoms with Gasteiger partial charge in [-0.25, -0.2) is 4.79 Å². The van der Waals surface area contributed by atoms with Gasteiger partial charge in [0.25, 0.3) is 11.8 Å². The van der Waals surface area contributed by atoms with E-state index in [4.69, 9.17) is 5.11 Å². The van der Waals surface area contributed by atoms with Crippen molar-refractivity contribution in [3.05, 3.63) is 22.8 Å². The van der Waals surface area contributed by atoms with Crippen molar-refractivity contribution in [1.82, 2.24) is 19.8 Å². The molecule has 0 spiro atoms. The lowest BCUT2D eigenvalue weighted by Gasteiger charge is -2.48. The maximum Gasteiger partial charge on any atom is 0.352 e. The largest absolute Gasteiger partial charge is 0.477 e. The smallest absolute Gasteiger partial charge is 0.352 e. The van der Waals surface area contributed by atoms with Crippen LogP contribution in [0.1, 0.15) is 5.69 Å². The molecule has 2 aliphatic rings. The Balaban J connectivity index is 1.74. The molecule has 0 radical (unpaired) electrons. The Kier molecular flexibility index (Phi) is 4.49. The standard InChI is InChI=1S/C12H11N5O5S2/c1-22-15-7(5-4-24-16-14-5)9(18)13-8-10(19)17-6(12(20)21)2-3-23-11(8)17/h2,4,8,11H,3H2,1H3,(H,13,18)(H,20,21)/b15-7-/t8?,11-/m1/s1. The average molecular weight is 369 g/mol. The molecular weight excluding hydrogens is 358 g/mol. The summed E-state index contributed by atoms with van der Waals surface area (Å²) in [6.07, 6.45) is 1.47. The van der Waals surface area contributed by atoms with Gasteiger partial charge >= 0.3 is 5.97 Å². The van der Waals surface area contributed by atoms with Crippen LogP contribution in [0.15, 0.2) is 22.3 Å². The minimum atomic E-state index is -1.17. The van der Waals surface area contributed by atoms with Crippen LogP contribution in [0.5, 0.6) is 0 Å². The van der Waals surface area contributed by atoms with Gasteiger partial charge in [0.05, 0.1) is 0 Å². The number of rotatable bonds is 5. The summed E-state index contributed by atoms with van der Waals surface area (Å²) >= 11 is 2.41. The molecule has 1 fully saturated rings. The van der Waals surface area contributed by atoms with E-state index in [1.807, 2.05) is 0 Å². The van der Waals surface area contributed by atoms with E-state index in [0.717, 1.165) is 11.5 Å². The maximum absolute atomic E-state index is 12.4. The first-order valence-corrected chi connectivity index (χ1v) is 8.50. The van der Waals surface area contributed by atoms with Gasteiger partial charge in [0, 0.05) is 11.1 Å². The number of carbonyl (C=O) groups excluding carboxylic acids is 2. The number of β-lactam (4-membered cyclic amide) rings is 1. The molecule has 2 amide bonds. The number of carbonyl (C=O) groups is 3. The summed E-state index contributed by atoms with van der Waals surface area (Å²) in [6, 6.07) is -0.834. The Bertz CT molecular complexity index is 747. The molecule has 126 valence electrons. The highest BCUT2D eigenvalue weighted by Crippen LogP contribution is 2.37. The highest BCUT2D eigenvalue weighted by molar-refractivity contribution is 8.00. The average Bonchev–Trinajstić information content (AvgIpc) is 3.10. The fraction of sp³-hybridized carbons (Fsp3) is 0.333. The van der Waals surface area contributed by atoms with E-state index in [-0.39, 0.29) is 17.1 Å². The third-order valence-corrected chi connectivity index (χ3v) is 5.04. The van der Waals surface area contributed by atoms with Gasteiger partial charge in [-0.1, -0.05) is 9.64 Å². The van der Waals surface area contributed by atoms with Gasteiger partial charge in [-0.3, -0.25) is 14.5 Å². The van der Waals surface area contributed by atoms with Crippen molar-refractivity contribution >= 4 is 46.8 Å². The van der Waals surface area contributed by atoms with Crippen molar-refractivity contribution in [1.29, 1.82) is 0 Å². The van der Waals surface area contributed by atoms with E-state index < -0.39 is 29.2 Å². The Morgan fingerprint density at radius 2 is 2.33 bits per heavy atom. The molecule has 2 aliphatic heterocycles. The van der Waals surface area contributed by atoms with Crippen molar-refractivity contribution in [2.75, 3.05) is 12.9 Å². The Labute approximate surface area is 143 Å². The lowest BCUT2D eigenvalue weighted by Crippen LogP contribution is -2.70. The van der Waals surface area contributed by atoms with Crippen molar-refractivity contribution in [2.45, 2.75) is 11.4 Å². The van der Waals surface area contributed by atoms with E-state index >= 15 is 0 Å². The molecule has 0 aliphatic carbocycles. The topological polar surface area (TPSA) is 134 Å². The second kappa shape index (κ2) is 6.57. The summed E-state index contributed by atoms with van der Waals surface area (Å²) in [5.41, 5.74) is 0.0569. The zero-order valence-corrected chi connectivity index (χ0v) is 13.8. The first-order valence-electron chi connectivity index (χ1n) is 6.62. The number of thioether (sulfide) groups is 1. The molecule has 3 rings (SSSR count). The molecule has 1 aromatic heterocycles. The predicted molar refractivity (Wildman–Crippen MR) is 84.2 cm³/mol. The highest BCUT2D eigenvalue weighted by atomic mass is 32.2. The molecule has 1 aromatic rings. The second-order valence-corrected chi connectivity index (χ2v) is 6.45. The quantitative estimate of drug-likeness (QED) is 0.394. The SMILES string of the molecule is CO/N=C(\C(=O)NC1C(=O)N2C(C(=O)O)=CCS[C@H]12)c1csnn1. The summed E-state index contributed by atoms with van der Waals surface area (Å²) in [4.78, 5) is 41.5. The molecule has 0 aromatic carbocycles. The first kappa shape index (κ1) is 16.4. The van der Waals surface area contributed by atoms with Crippen LogP contribution in [-0.4, -0.2) is 67.4 Å². The predicted octanol–water partition coefficient (Wildman–Crippen LogP) is -0.743. The van der Waals surface area contributed by atoms with Crippen LogP contribution in [0.4, 0.5) is 0 Å². The number of carboxylic acid groups (broad SMARTS) is 1. The zero-order valence-electron chi connectivity index (χ0n) is 12.2. The van der Waals surface area contributed by atoms with Crippen LogP contribution in [0.2, 0.25) is 0 Å². The number of aromatic nitrogens is 2. The maximum atomic E-state index is 12.4. The first-order chi connectivity index (χ1) is 11.5. The van der Waals surface area contributed by atoms with Gasteiger partial charge in [0.2, 0.25) is 0 Å². The number of hydrogen-bond acceptors (Lipinski definition) is 9. The fourth-order valence-electron chi connectivity index (χ4n) is 2.31. The van der Waals surface area contributed by atoms with E-state index in [2.05, 4.69) is 24.9 Å². The lowest BCUT2D eigenvalue weighted by molar-refractivity contribution is -0.150. The third kappa shape index (κ3) is 2.73. The Hall–Kier alpha value is -2.47. The molecule has 10 nitrogen and oxygen atoms in total. The molecular formula is C12H11N5O5S2. The van der Waals surface area contributed by atoms with Crippen LogP contribution in [0.3, 0.4) is 0 Å². The van der Waals surface area contributed by atoms with Crippen molar-refractivity contribution < 1.29 is 24.3 Å². The number of hydrogen-bond donors (Lipinski definition) is 2. The molecule has 1 unspecified atom stereocenters. The van der Waals surface area contributed by atoms with Gasteiger partial charge in [0.15, 0.2) is 5.71 Å². The number of amides is 2. The monoisotopic (exact) mass is 369 g/mol. The summed E-state index contributed by atoms with van der Waals surface area (Å²) < 4.78 is 3.65. The van der Waals surface area contributed by atoms with E-state index in [9.17, 15) is 14.4 Å². The van der Waals surface area contributed by atoms with E-state index in [0.29, 0.717) is 5.75 Å². The number of carboxylic acids is 1. The van der Waals surface area contributed by atoms with Crippen LogP contribution in [0, 0.1) is 0 Å². The summed E-state index contributed by atoms with van der Waals surface area (Å²) in [6.45, 7) is 0. The van der Waals surface area contributed by atoms with Crippen LogP contribution in [0.25, 0.3) is 0 Å². The molecule has 12 heteroatoms. The van der Waals surface area contributed by atoms with Gasteiger partial charge in [-0.05, 0) is 17.6 Å². The lowest BCUT2D eigenvalue weighted by atomic mass is 10.0. The van der Waals surface area contributed by atoms with Gasteiger partial charge in [-0.2, -0.15) is 0 Å².